The second-order valence-electron chi connectivity index (χ2n) is 4.93. The van der Waals surface area contributed by atoms with Crippen LogP contribution in [-0.4, -0.2) is 0 Å². The smallest absolute Gasteiger partial charge is 0.0162 e. The van der Waals surface area contributed by atoms with Gasteiger partial charge in [0.25, 0.3) is 0 Å². The molecule has 0 spiro atoms. The minimum Gasteiger partial charge on any atom is -0.0613 e. The van der Waals surface area contributed by atoms with Crippen molar-refractivity contribution in [3.05, 3.63) is 35.4 Å². The van der Waals surface area contributed by atoms with E-state index < -0.39 is 0 Å². The van der Waals surface area contributed by atoms with Crippen molar-refractivity contribution < 1.29 is 0 Å². The van der Waals surface area contributed by atoms with Gasteiger partial charge in [-0.25, -0.2) is 0 Å². The molecule has 0 aliphatic heterocycles. The van der Waals surface area contributed by atoms with E-state index in [0.29, 0.717) is 0 Å². The van der Waals surface area contributed by atoms with Crippen LogP contribution in [0.25, 0.3) is 0 Å². The summed E-state index contributed by atoms with van der Waals surface area (Å²) in [5.41, 5.74) is 3.00. The predicted molar refractivity (Wildman–Crippen MR) is 66.2 cm³/mol. The maximum absolute atomic E-state index is 2.40. The van der Waals surface area contributed by atoms with Gasteiger partial charge in [-0.1, -0.05) is 51.0 Å². The first-order valence-electron chi connectivity index (χ1n) is 6.40. The number of hydrogen-bond acceptors (Lipinski definition) is 0. The molecule has 1 aliphatic rings. The molecule has 15 heavy (non-hydrogen) atoms. The molecule has 1 saturated carbocycles. The lowest BCUT2D eigenvalue weighted by atomic mass is 9.86. The van der Waals surface area contributed by atoms with Crippen LogP contribution in [-0.2, 0) is 6.42 Å². The lowest BCUT2D eigenvalue weighted by Crippen LogP contribution is -2.05. The number of benzene rings is 1. The van der Waals surface area contributed by atoms with Crippen molar-refractivity contribution in [1.82, 2.24) is 0 Å². The summed E-state index contributed by atoms with van der Waals surface area (Å²) >= 11 is 0. The summed E-state index contributed by atoms with van der Waals surface area (Å²) in [6.45, 7) is 4.62. The Hall–Kier alpha value is -0.780. The molecule has 1 fully saturated rings. The summed E-state index contributed by atoms with van der Waals surface area (Å²) in [4.78, 5) is 0. The molecular weight excluding hydrogens is 180 g/mol. The Bertz CT molecular complexity index is 290. The van der Waals surface area contributed by atoms with Crippen LogP contribution < -0.4 is 0 Å². The lowest BCUT2D eigenvalue weighted by molar-refractivity contribution is 0.461. The Labute approximate surface area is 93.7 Å². The highest BCUT2D eigenvalue weighted by atomic mass is 14.3. The van der Waals surface area contributed by atoms with Crippen LogP contribution in [0.4, 0.5) is 0 Å². The Morgan fingerprint density at radius 2 is 1.73 bits per heavy atom. The molecular formula is C15H22. The Kier molecular flexibility index (Phi) is 3.45. The fraction of sp³-hybridized carbons (Fsp3) is 0.600. The third kappa shape index (κ3) is 2.42. The van der Waals surface area contributed by atoms with E-state index in [2.05, 4.69) is 38.1 Å². The minimum atomic E-state index is 0.762. The van der Waals surface area contributed by atoms with Gasteiger partial charge in [0, 0.05) is 0 Å². The highest BCUT2D eigenvalue weighted by molar-refractivity contribution is 5.25. The van der Waals surface area contributed by atoms with Crippen LogP contribution in [0, 0.1) is 5.92 Å². The van der Waals surface area contributed by atoms with E-state index in [0.717, 1.165) is 18.3 Å². The average molecular weight is 202 g/mol. The second kappa shape index (κ2) is 4.83. The summed E-state index contributed by atoms with van der Waals surface area (Å²) in [5.74, 6) is 1.70. The molecule has 0 bridgehead atoms. The molecule has 2 rings (SSSR count). The zero-order chi connectivity index (χ0) is 10.7. The summed E-state index contributed by atoms with van der Waals surface area (Å²) in [6, 6.07) is 9.26. The first kappa shape index (κ1) is 10.7. The van der Waals surface area contributed by atoms with Crippen molar-refractivity contribution >= 4 is 0 Å². The van der Waals surface area contributed by atoms with Gasteiger partial charge < -0.3 is 0 Å². The third-order valence-electron chi connectivity index (χ3n) is 4.02. The van der Waals surface area contributed by atoms with E-state index in [1.165, 1.54) is 31.2 Å². The number of rotatable bonds is 3. The van der Waals surface area contributed by atoms with Gasteiger partial charge in [-0.3, -0.25) is 0 Å². The van der Waals surface area contributed by atoms with E-state index in [4.69, 9.17) is 0 Å². The van der Waals surface area contributed by atoms with Crippen molar-refractivity contribution in [1.29, 1.82) is 0 Å². The molecule has 1 aromatic rings. The summed E-state index contributed by atoms with van der Waals surface area (Å²) in [6.07, 6.45) is 6.93. The summed E-state index contributed by atoms with van der Waals surface area (Å²) in [5, 5.41) is 0. The van der Waals surface area contributed by atoms with Gasteiger partial charge in [-0.05, 0) is 42.2 Å². The number of aryl methyl sites for hydroxylation is 1. The quantitative estimate of drug-likeness (QED) is 0.675. The van der Waals surface area contributed by atoms with E-state index in [1.807, 2.05) is 0 Å². The Balaban J connectivity index is 2.07. The predicted octanol–water partition coefficient (Wildman–Crippen LogP) is 4.54. The monoisotopic (exact) mass is 202 g/mol. The SMILES string of the molecule is CCc1ccc(C(C)C2CCCC2)cc1. The molecule has 1 unspecified atom stereocenters. The summed E-state index contributed by atoms with van der Waals surface area (Å²) < 4.78 is 0. The van der Waals surface area contributed by atoms with Gasteiger partial charge in [0.1, 0.15) is 0 Å². The Morgan fingerprint density at radius 3 is 2.27 bits per heavy atom. The van der Waals surface area contributed by atoms with E-state index in [-0.39, 0.29) is 0 Å². The fourth-order valence-corrected chi connectivity index (χ4v) is 2.79. The van der Waals surface area contributed by atoms with Crippen LogP contribution in [0.15, 0.2) is 24.3 Å². The maximum atomic E-state index is 2.40. The van der Waals surface area contributed by atoms with Gasteiger partial charge in [0.15, 0.2) is 0 Å². The maximum Gasteiger partial charge on any atom is -0.0162 e. The molecule has 0 amide bonds. The highest BCUT2D eigenvalue weighted by Crippen LogP contribution is 2.36. The van der Waals surface area contributed by atoms with Gasteiger partial charge in [0.05, 0.1) is 0 Å². The average Bonchev–Trinajstić information content (AvgIpc) is 2.82. The first-order chi connectivity index (χ1) is 7.31. The molecule has 0 nitrogen and oxygen atoms in total. The second-order valence-corrected chi connectivity index (χ2v) is 4.93. The number of hydrogen-bond donors (Lipinski definition) is 0. The molecule has 0 aromatic heterocycles. The van der Waals surface area contributed by atoms with Crippen LogP contribution in [0.3, 0.4) is 0 Å². The van der Waals surface area contributed by atoms with Crippen molar-refractivity contribution in [2.75, 3.05) is 0 Å². The van der Waals surface area contributed by atoms with Crippen molar-refractivity contribution in [3.63, 3.8) is 0 Å². The topological polar surface area (TPSA) is 0 Å². The van der Waals surface area contributed by atoms with Crippen LogP contribution in [0.1, 0.15) is 56.6 Å². The molecule has 0 saturated heterocycles. The largest absolute Gasteiger partial charge is 0.0613 e. The normalized spacial score (nSPS) is 19.3. The first-order valence-corrected chi connectivity index (χ1v) is 6.40. The van der Waals surface area contributed by atoms with Crippen LogP contribution in [0.2, 0.25) is 0 Å². The molecule has 1 aliphatic carbocycles. The molecule has 0 N–H and O–H groups in total. The lowest BCUT2D eigenvalue weighted by Gasteiger charge is -2.19. The Morgan fingerprint density at radius 1 is 1.13 bits per heavy atom. The molecule has 82 valence electrons. The molecule has 1 atom stereocenters. The fourth-order valence-electron chi connectivity index (χ4n) is 2.79. The molecule has 0 heteroatoms. The van der Waals surface area contributed by atoms with Crippen LogP contribution >= 0.6 is 0 Å². The standard InChI is InChI=1S/C15H22/c1-3-13-8-10-15(11-9-13)12(2)14-6-4-5-7-14/h8-12,14H,3-7H2,1-2H3. The highest BCUT2D eigenvalue weighted by Gasteiger charge is 2.22. The zero-order valence-corrected chi connectivity index (χ0v) is 10.00. The van der Waals surface area contributed by atoms with Gasteiger partial charge in [0.2, 0.25) is 0 Å². The van der Waals surface area contributed by atoms with Gasteiger partial charge >= 0.3 is 0 Å². The van der Waals surface area contributed by atoms with Crippen LogP contribution in [0.5, 0.6) is 0 Å². The van der Waals surface area contributed by atoms with Gasteiger partial charge in [-0.15, -0.1) is 0 Å². The van der Waals surface area contributed by atoms with E-state index in [9.17, 15) is 0 Å². The minimum absolute atomic E-state index is 0.762. The van der Waals surface area contributed by atoms with Crippen molar-refractivity contribution in [2.24, 2.45) is 5.92 Å². The summed E-state index contributed by atoms with van der Waals surface area (Å²) in [7, 11) is 0. The molecule has 1 aromatic carbocycles. The third-order valence-corrected chi connectivity index (χ3v) is 4.02. The van der Waals surface area contributed by atoms with E-state index >= 15 is 0 Å². The van der Waals surface area contributed by atoms with Gasteiger partial charge in [-0.2, -0.15) is 0 Å². The molecule has 0 radical (unpaired) electrons. The van der Waals surface area contributed by atoms with E-state index in [1.54, 1.807) is 5.56 Å². The molecule has 0 heterocycles. The zero-order valence-electron chi connectivity index (χ0n) is 10.00. The van der Waals surface area contributed by atoms with Crippen molar-refractivity contribution in [2.45, 2.75) is 51.9 Å². The van der Waals surface area contributed by atoms with Crippen molar-refractivity contribution in [3.8, 4) is 0 Å².